The predicted molar refractivity (Wildman–Crippen MR) is 140 cm³/mol. The average molecular weight is 480 g/mol. The fourth-order valence-electron chi connectivity index (χ4n) is 3.61. The van der Waals surface area contributed by atoms with E-state index in [0.717, 1.165) is 5.56 Å². The van der Waals surface area contributed by atoms with E-state index in [1.165, 1.54) is 0 Å². The molecule has 2 rings (SSSR count). The van der Waals surface area contributed by atoms with Crippen LogP contribution >= 0.6 is 0 Å². The second-order valence-electron chi connectivity index (χ2n) is 9.80. The molecule has 0 saturated carbocycles. The van der Waals surface area contributed by atoms with Crippen LogP contribution in [0.4, 0.5) is 0 Å². The second-order valence-corrected chi connectivity index (χ2v) is 14.6. The predicted octanol–water partition coefficient (Wildman–Crippen LogP) is 6.58. The van der Waals surface area contributed by atoms with E-state index in [-0.39, 0.29) is 25.0 Å². The summed E-state index contributed by atoms with van der Waals surface area (Å²) in [7, 11) is -1.67. The van der Waals surface area contributed by atoms with Crippen molar-refractivity contribution in [1.29, 1.82) is 0 Å². The Kier molecular flexibility index (Phi) is 9.23. The molecule has 0 fully saturated rings. The van der Waals surface area contributed by atoms with Gasteiger partial charge < -0.3 is 9.47 Å². The average Bonchev–Trinajstić information content (AvgIpc) is 2.76. The third kappa shape index (κ3) is 6.36. The minimum Gasteiger partial charge on any atom is -0.462 e. The van der Waals surface area contributed by atoms with Gasteiger partial charge in [0.2, 0.25) is 0 Å². The van der Waals surface area contributed by atoms with E-state index in [9.17, 15) is 9.59 Å². The Morgan fingerprint density at radius 3 is 1.76 bits per heavy atom. The van der Waals surface area contributed by atoms with Gasteiger partial charge in [-0.1, -0.05) is 71.5 Å². The minimum absolute atomic E-state index is 0.0628. The molecule has 0 N–H and O–H groups in total. The normalized spacial score (nSPS) is 11.3. The molecule has 0 aliphatic carbocycles. The molecular weight excluding hydrogens is 442 g/mol. The second kappa shape index (κ2) is 11.5. The highest BCUT2D eigenvalue weighted by Gasteiger charge is 2.32. The third-order valence-corrected chi connectivity index (χ3v) is 5.95. The Morgan fingerprint density at radius 2 is 1.35 bits per heavy atom. The molecule has 2 aromatic rings. The molecule has 0 aliphatic heterocycles. The molecule has 1 aromatic carbocycles. The van der Waals surface area contributed by atoms with Gasteiger partial charge in [0.25, 0.3) is 0 Å². The number of hydrogen-bond donors (Lipinski definition) is 0. The van der Waals surface area contributed by atoms with Gasteiger partial charge in [-0.15, -0.1) is 5.54 Å². The summed E-state index contributed by atoms with van der Waals surface area (Å²) >= 11 is 0. The van der Waals surface area contributed by atoms with Crippen LogP contribution in [0.5, 0.6) is 0 Å². The summed E-state index contributed by atoms with van der Waals surface area (Å²) in [5, 5.41) is 0. The van der Waals surface area contributed by atoms with E-state index in [4.69, 9.17) is 14.5 Å². The molecule has 182 valence electrons. The van der Waals surface area contributed by atoms with Gasteiger partial charge in [0, 0.05) is 11.1 Å². The molecule has 5 nitrogen and oxygen atoms in total. The molecule has 1 heterocycles. The molecule has 0 saturated heterocycles. The van der Waals surface area contributed by atoms with Gasteiger partial charge in [-0.05, 0) is 37.3 Å². The Balaban J connectivity index is 3.15. The van der Waals surface area contributed by atoms with E-state index in [1.54, 1.807) is 13.8 Å². The van der Waals surface area contributed by atoms with Crippen molar-refractivity contribution in [1.82, 2.24) is 4.98 Å². The lowest BCUT2D eigenvalue weighted by Crippen LogP contribution is -2.21. The summed E-state index contributed by atoms with van der Waals surface area (Å²) in [5.74, 6) is 2.21. The van der Waals surface area contributed by atoms with Gasteiger partial charge >= 0.3 is 11.9 Å². The van der Waals surface area contributed by atoms with Gasteiger partial charge in [-0.2, -0.15) is 0 Å². The number of nitrogens with zero attached hydrogens (tertiary/aromatic N) is 1. The molecule has 0 aliphatic rings. The van der Waals surface area contributed by atoms with Crippen molar-refractivity contribution in [3.8, 4) is 22.6 Å². The zero-order valence-electron chi connectivity index (χ0n) is 22.0. The maximum atomic E-state index is 13.4. The maximum Gasteiger partial charge on any atom is 0.340 e. The molecule has 6 heteroatoms. The monoisotopic (exact) mass is 479 g/mol. The van der Waals surface area contributed by atoms with E-state index in [0.29, 0.717) is 33.6 Å². The van der Waals surface area contributed by atoms with E-state index in [2.05, 4.69) is 31.1 Å². The standard InChI is InChI=1S/C28H37NO4Si/c1-10-32-27(30)23-22(21-15-13-12-14-20(21)16-17-34(7,8)9)24(28(31)33-11-2)26(19(5)6)29-25(23)18(3)4/h12-15,18-19H,10-11H2,1-9H3. The van der Waals surface area contributed by atoms with Crippen molar-refractivity contribution in [2.24, 2.45) is 0 Å². The van der Waals surface area contributed by atoms with Gasteiger partial charge in [0.05, 0.1) is 35.7 Å². The topological polar surface area (TPSA) is 65.5 Å². The van der Waals surface area contributed by atoms with Gasteiger partial charge in [-0.25, -0.2) is 9.59 Å². The number of benzene rings is 1. The smallest absolute Gasteiger partial charge is 0.340 e. The summed E-state index contributed by atoms with van der Waals surface area (Å²) in [6, 6.07) is 7.64. The lowest BCUT2D eigenvalue weighted by Gasteiger charge is -2.23. The highest BCUT2D eigenvalue weighted by Crippen LogP contribution is 2.38. The first-order valence-electron chi connectivity index (χ1n) is 12.0. The van der Waals surface area contributed by atoms with E-state index in [1.807, 2.05) is 52.0 Å². The van der Waals surface area contributed by atoms with Crippen molar-refractivity contribution in [2.45, 2.75) is 73.0 Å². The SMILES string of the molecule is CCOC(=O)c1c(C(C)C)nc(C(C)C)c(C(=O)OCC)c1-c1ccccc1C#C[Si](C)(C)C. The number of esters is 2. The largest absolute Gasteiger partial charge is 0.462 e. The first-order chi connectivity index (χ1) is 15.9. The summed E-state index contributed by atoms with van der Waals surface area (Å²) in [5.41, 5.74) is 7.23. The molecular formula is C28H37NO4Si. The Hall–Kier alpha value is -2.91. The zero-order chi connectivity index (χ0) is 25.6. The van der Waals surface area contributed by atoms with Crippen LogP contribution in [-0.4, -0.2) is 38.2 Å². The Morgan fingerprint density at radius 1 is 0.882 bits per heavy atom. The molecule has 0 unspecified atom stereocenters. The van der Waals surface area contributed by atoms with Crippen LogP contribution in [0.25, 0.3) is 11.1 Å². The number of rotatable bonds is 7. The van der Waals surface area contributed by atoms with Crippen LogP contribution < -0.4 is 0 Å². The van der Waals surface area contributed by atoms with Crippen molar-refractivity contribution >= 4 is 20.0 Å². The van der Waals surface area contributed by atoms with E-state index < -0.39 is 20.0 Å². The van der Waals surface area contributed by atoms with Crippen LogP contribution in [-0.2, 0) is 9.47 Å². The minimum atomic E-state index is -1.67. The van der Waals surface area contributed by atoms with Crippen LogP contribution in [0.1, 0.15) is 91.0 Å². The molecule has 0 bridgehead atoms. The summed E-state index contributed by atoms with van der Waals surface area (Å²) in [4.78, 5) is 31.6. The fraction of sp³-hybridized carbons (Fsp3) is 0.464. The number of aromatic nitrogens is 1. The van der Waals surface area contributed by atoms with E-state index >= 15 is 0 Å². The Bertz CT molecular complexity index is 1070. The van der Waals surface area contributed by atoms with Crippen LogP contribution in [0, 0.1) is 11.5 Å². The first kappa shape index (κ1) is 27.3. The highest BCUT2D eigenvalue weighted by atomic mass is 28.3. The van der Waals surface area contributed by atoms with Crippen molar-refractivity contribution in [2.75, 3.05) is 13.2 Å². The number of ether oxygens (including phenoxy) is 2. The van der Waals surface area contributed by atoms with Crippen molar-refractivity contribution in [3.05, 3.63) is 52.3 Å². The van der Waals surface area contributed by atoms with Gasteiger partial charge in [0.15, 0.2) is 0 Å². The summed E-state index contributed by atoms with van der Waals surface area (Å²) in [6.07, 6.45) is 0. The Labute approximate surface area is 205 Å². The summed E-state index contributed by atoms with van der Waals surface area (Å²) in [6.45, 7) is 18.4. The van der Waals surface area contributed by atoms with Crippen molar-refractivity contribution < 1.29 is 19.1 Å². The zero-order valence-corrected chi connectivity index (χ0v) is 23.0. The fourth-order valence-corrected chi connectivity index (χ4v) is 4.12. The highest BCUT2D eigenvalue weighted by molar-refractivity contribution is 6.83. The third-order valence-electron chi connectivity index (χ3n) is 5.07. The van der Waals surface area contributed by atoms with Crippen LogP contribution in [0.3, 0.4) is 0 Å². The molecule has 0 radical (unpaired) electrons. The molecule has 0 atom stereocenters. The van der Waals surface area contributed by atoms with Crippen LogP contribution in [0.2, 0.25) is 19.6 Å². The number of carbonyl (C=O) groups is 2. The molecule has 1 aromatic heterocycles. The summed E-state index contributed by atoms with van der Waals surface area (Å²) < 4.78 is 10.9. The molecule has 0 spiro atoms. The number of pyridine rings is 1. The van der Waals surface area contributed by atoms with Gasteiger partial charge in [0.1, 0.15) is 8.07 Å². The van der Waals surface area contributed by atoms with Crippen LogP contribution in [0.15, 0.2) is 24.3 Å². The van der Waals surface area contributed by atoms with Crippen molar-refractivity contribution in [3.63, 3.8) is 0 Å². The molecule has 0 amide bonds. The lowest BCUT2D eigenvalue weighted by molar-refractivity contribution is 0.0523. The van der Waals surface area contributed by atoms with Gasteiger partial charge in [-0.3, -0.25) is 4.98 Å². The number of hydrogen-bond acceptors (Lipinski definition) is 5. The molecule has 34 heavy (non-hydrogen) atoms. The maximum absolute atomic E-state index is 13.4. The quantitative estimate of drug-likeness (QED) is 0.255. The number of carbonyl (C=O) groups excluding carboxylic acids is 2. The first-order valence-corrected chi connectivity index (χ1v) is 15.5. The lowest BCUT2D eigenvalue weighted by atomic mass is 9.85.